The van der Waals surface area contributed by atoms with Gasteiger partial charge in [0, 0.05) is 44.4 Å². The minimum Gasteiger partial charge on any atom is -0.370 e. The van der Waals surface area contributed by atoms with E-state index in [1.54, 1.807) is 58.0 Å². The van der Waals surface area contributed by atoms with E-state index < -0.39 is 131 Å². The highest BCUT2D eigenvalue weighted by Gasteiger charge is 2.43. The Bertz CT molecular complexity index is 2590. The number of hydrogen-bond acceptors (Lipinski definition) is 13. The van der Waals surface area contributed by atoms with Gasteiger partial charge in [-0.05, 0) is 100.0 Å². The first-order chi connectivity index (χ1) is 39.9. The number of imidazole rings is 1. The van der Waals surface area contributed by atoms with Crippen molar-refractivity contribution in [2.45, 2.75) is 193 Å². The van der Waals surface area contributed by atoms with Gasteiger partial charge in [-0.1, -0.05) is 85.7 Å². The molecule has 464 valence electrons. The SMILES string of the molecule is CC(C)C[C@@H]1NC(=O)[C@H](CCCN=C(N)N)NC(=O)[C@H](C(C)C)NC(=O)[C@@H]2CCCN2C(=O)[C@@H](Cc2cnc[nH]2)NC(=O)[C@H](CC(C)C)NC(=O)[C@H](CCCN)NC(=O)[C@H](C(C)C)NC(=O)[C@@H]2CCCN2C(=O)[C@@H](Cc2ccccc2)NC1=O. The lowest BCUT2D eigenvalue weighted by Crippen LogP contribution is -2.62. The monoisotopic (exact) mass is 1170 g/mol. The van der Waals surface area contributed by atoms with E-state index in [-0.39, 0.29) is 102 Å². The van der Waals surface area contributed by atoms with Crippen LogP contribution in [-0.4, -0.2) is 171 Å². The Kier molecular flexibility index (Phi) is 25.9. The highest BCUT2D eigenvalue weighted by molar-refractivity contribution is 6.00. The molecule has 0 unspecified atom stereocenters. The van der Waals surface area contributed by atoms with Crippen LogP contribution in [0, 0.1) is 23.7 Å². The third-order valence-electron chi connectivity index (χ3n) is 15.2. The second-order valence-electron chi connectivity index (χ2n) is 23.8. The van der Waals surface area contributed by atoms with E-state index in [9.17, 15) is 47.9 Å². The zero-order valence-electron chi connectivity index (χ0n) is 50.0. The van der Waals surface area contributed by atoms with Gasteiger partial charge in [-0.15, -0.1) is 0 Å². The summed E-state index contributed by atoms with van der Waals surface area (Å²) < 4.78 is 0. The number of H-pyrrole nitrogens is 1. The summed E-state index contributed by atoms with van der Waals surface area (Å²) in [6.07, 6.45) is 4.85. The first-order valence-corrected chi connectivity index (χ1v) is 29.7. The number of nitrogens with zero attached hydrogens (tertiary/aromatic N) is 4. The molecule has 84 heavy (non-hydrogen) atoms. The van der Waals surface area contributed by atoms with Crippen molar-refractivity contribution < 1.29 is 47.9 Å². The van der Waals surface area contributed by atoms with Crippen molar-refractivity contribution in [2.75, 3.05) is 26.2 Å². The van der Waals surface area contributed by atoms with Crippen LogP contribution >= 0.6 is 0 Å². The maximum Gasteiger partial charge on any atom is 0.246 e. The molecule has 2 aromatic rings. The molecule has 0 radical (unpaired) electrons. The van der Waals surface area contributed by atoms with Gasteiger partial charge in [-0.2, -0.15) is 0 Å². The van der Waals surface area contributed by atoms with Gasteiger partial charge in [0.2, 0.25) is 59.1 Å². The molecule has 3 fully saturated rings. The predicted octanol–water partition coefficient (Wildman–Crippen LogP) is -0.734. The summed E-state index contributed by atoms with van der Waals surface area (Å²) in [4.78, 5) is 160. The van der Waals surface area contributed by atoms with Crippen LogP contribution in [0.1, 0.15) is 131 Å². The molecule has 3 aliphatic rings. The van der Waals surface area contributed by atoms with Crippen molar-refractivity contribution in [3.63, 3.8) is 0 Å². The Labute approximate surface area is 492 Å². The number of guanidine groups is 1. The summed E-state index contributed by atoms with van der Waals surface area (Å²) in [5, 5.41) is 22.7. The molecule has 1 aromatic carbocycles. The van der Waals surface area contributed by atoms with Gasteiger partial charge in [-0.25, -0.2) is 4.98 Å². The summed E-state index contributed by atoms with van der Waals surface area (Å²) in [6, 6.07) is -3.18. The quantitative estimate of drug-likeness (QED) is 0.0528. The molecule has 5 rings (SSSR count). The number of benzene rings is 1. The molecular formula is C58H92N16O10. The molecule has 0 spiro atoms. The highest BCUT2D eigenvalue weighted by atomic mass is 16.2. The van der Waals surface area contributed by atoms with Crippen molar-refractivity contribution in [1.82, 2.24) is 62.3 Å². The largest absolute Gasteiger partial charge is 0.370 e. The van der Waals surface area contributed by atoms with Crippen LogP contribution in [0.15, 0.2) is 47.8 Å². The van der Waals surface area contributed by atoms with Crippen molar-refractivity contribution in [2.24, 2.45) is 45.9 Å². The van der Waals surface area contributed by atoms with Crippen molar-refractivity contribution in [1.29, 1.82) is 0 Å². The van der Waals surface area contributed by atoms with Gasteiger partial charge in [0.15, 0.2) is 5.96 Å². The van der Waals surface area contributed by atoms with Crippen LogP contribution in [0.25, 0.3) is 0 Å². The number of aliphatic imine (C=N–C) groups is 1. The highest BCUT2D eigenvalue weighted by Crippen LogP contribution is 2.23. The van der Waals surface area contributed by atoms with Crippen LogP contribution in [0.5, 0.6) is 0 Å². The van der Waals surface area contributed by atoms with Gasteiger partial charge in [0.25, 0.3) is 0 Å². The Morgan fingerprint density at radius 2 is 0.976 bits per heavy atom. The average molecular weight is 1170 g/mol. The predicted molar refractivity (Wildman–Crippen MR) is 314 cm³/mol. The van der Waals surface area contributed by atoms with E-state index in [1.807, 2.05) is 27.7 Å². The van der Waals surface area contributed by atoms with E-state index in [0.29, 0.717) is 30.5 Å². The first-order valence-electron chi connectivity index (χ1n) is 29.7. The Morgan fingerprint density at radius 3 is 1.39 bits per heavy atom. The lowest BCUT2D eigenvalue weighted by Gasteiger charge is -2.33. The minimum absolute atomic E-state index is 0.00584. The van der Waals surface area contributed by atoms with E-state index in [2.05, 4.69) is 57.5 Å². The van der Waals surface area contributed by atoms with E-state index >= 15 is 0 Å². The molecule has 0 aliphatic carbocycles. The van der Waals surface area contributed by atoms with Crippen molar-refractivity contribution in [3.8, 4) is 0 Å². The number of amides is 10. The van der Waals surface area contributed by atoms with Crippen LogP contribution in [0.4, 0.5) is 0 Å². The molecule has 10 amide bonds. The molecule has 3 aliphatic heterocycles. The van der Waals surface area contributed by atoms with Crippen LogP contribution in [0.2, 0.25) is 0 Å². The molecule has 10 atom stereocenters. The zero-order chi connectivity index (χ0) is 61.8. The normalized spacial score (nSPS) is 26.2. The van der Waals surface area contributed by atoms with Gasteiger partial charge in [-0.3, -0.25) is 52.9 Å². The van der Waals surface area contributed by atoms with Crippen molar-refractivity contribution in [3.05, 3.63) is 54.1 Å². The van der Waals surface area contributed by atoms with Gasteiger partial charge >= 0.3 is 0 Å². The number of nitrogens with one attached hydrogen (secondary N) is 9. The van der Waals surface area contributed by atoms with Gasteiger partial charge < -0.3 is 74.5 Å². The zero-order valence-corrected chi connectivity index (χ0v) is 50.0. The smallest absolute Gasteiger partial charge is 0.246 e. The number of carbonyl (C=O) groups excluding carboxylic acids is 10. The minimum atomic E-state index is -1.30. The molecule has 26 heteroatoms. The Balaban J connectivity index is 1.59. The number of rotatable bonds is 17. The van der Waals surface area contributed by atoms with E-state index in [4.69, 9.17) is 17.2 Å². The number of hydrogen-bond donors (Lipinski definition) is 12. The maximum absolute atomic E-state index is 14.9. The summed E-state index contributed by atoms with van der Waals surface area (Å²) in [6.45, 7) is 14.7. The third-order valence-corrected chi connectivity index (χ3v) is 15.2. The molecular weight excluding hydrogens is 1080 g/mol. The molecule has 4 heterocycles. The van der Waals surface area contributed by atoms with Gasteiger partial charge in [0.1, 0.15) is 60.4 Å². The second-order valence-corrected chi connectivity index (χ2v) is 23.8. The molecule has 0 bridgehead atoms. The Morgan fingerprint density at radius 1 is 0.548 bits per heavy atom. The van der Waals surface area contributed by atoms with Gasteiger partial charge in [0.05, 0.1) is 6.33 Å². The van der Waals surface area contributed by atoms with E-state index in [1.165, 1.54) is 22.3 Å². The topological polar surface area (TPSA) is 393 Å². The van der Waals surface area contributed by atoms with E-state index in [0.717, 1.165) is 0 Å². The molecule has 3 saturated heterocycles. The molecule has 26 nitrogen and oxygen atoms in total. The molecule has 0 saturated carbocycles. The summed E-state index contributed by atoms with van der Waals surface area (Å²) >= 11 is 0. The number of carbonyl (C=O) groups is 10. The first kappa shape index (κ1) is 67.2. The number of fused-ring (bicyclic) bond motifs is 2. The summed E-state index contributed by atoms with van der Waals surface area (Å²) in [5.74, 6) is -8.39. The second kappa shape index (κ2) is 32.4. The van der Waals surface area contributed by atoms with Crippen molar-refractivity contribution >= 4 is 65.0 Å². The number of aromatic nitrogens is 2. The fourth-order valence-corrected chi connectivity index (χ4v) is 10.8. The number of nitrogens with two attached hydrogens (primary N) is 3. The summed E-state index contributed by atoms with van der Waals surface area (Å²) in [7, 11) is 0. The lowest BCUT2D eigenvalue weighted by molar-refractivity contribution is -0.143. The van der Waals surface area contributed by atoms with Crippen LogP contribution < -0.4 is 59.7 Å². The van der Waals surface area contributed by atoms with Crippen LogP contribution in [-0.2, 0) is 60.8 Å². The summed E-state index contributed by atoms with van der Waals surface area (Å²) in [5.41, 5.74) is 18.3. The molecule has 15 N–H and O–H groups in total. The average Bonchev–Trinajstić information content (AvgIpc) is 3.70. The lowest BCUT2D eigenvalue weighted by atomic mass is 9.99. The Hall–Kier alpha value is -7.64. The van der Waals surface area contributed by atoms with Crippen LogP contribution in [0.3, 0.4) is 0 Å². The number of aromatic amines is 1. The standard InChI is InChI=1S/C58H92N16O10/c1-32(2)26-40-50(77)69-42(28-36-16-10-9-11-17-36)56(83)73-24-14-20-44(73)52(79)71-46(34(5)6)54(81)65-38(18-12-22-59)48(75)67-41(27-33(3)4)51(78)70-43(29-37-30-62-31-64-37)57(84)74-25-15-21-45(74)53(80)72-47(35(7)8)55(82)66-39(49(76)68-40)19-13-23-63-58(60)61/h9-11,16-17,30-35,38-47H,12-15,18-29,59H2,1-8H3,(H,62,64)(H,65,81)(H,66,82)(H,67,75)(H,68,76)(H,69,77)(H,70,78)(H,71,79)(H,72,80)(H4,60,61,63)/t38-,39-,40-,41-,42+,43+,44-,45-,46-,47-/m0/s1. The maximum atomic E-state index is 14.9. The fourth-order valence-electron chi connectivity index (χ4n) is 10.8. The third kappa shape index (κ3) is 19.7. The molecule has 1 aromatic heterocycles. The fraction of sp³-hybridized carbons (Fsp3) is 0.655.